The third kappa shape index (κ3) is 3.55. The molecule has 0 saturated heterocycles. The Morgan fingerprint density at radius 3 is 2.69 bits per heavy atom. The Bertz CT molecular complexity index is 363. The van der Waals surface area contributed by atoms with Gasteiger partial charge in [0.1, 0.15) is 0 Å². The van der Waals surface area contributed by atoms with Crippen molar-refractivity contribution in [2.45, 2.75) is 19.8 Å². The second-order valence-corrected chi connectivity index (χ2v) is 3.69. The van der Waals surface area contributed by atoms with Crippen LogP contribution in [0.5, 0.6) is 0 Å². The third-order valence-electron chi connectivity index (χ3n) is 2.37. The SMILES string of the molecule is Cc1cc(NCCCCO)ccc1C(=O)O. The molecule has 1 rings (SSSR count). The smallest absolute Gasteiger partial charge is 0.335 e. The molecule has 0 unspecified atom stereocenters. The van der Waals surface area contributed by atoms with Crippen molar-refractivity contribution in [3.8, 4) is 0 Å². The van der Waals surface area contributed by atoms with Crippen LogP contribution in [-0.4, -0.2) is 29.3 Å². The van der Waals surface area contributed by atoms with E-state index >= 15 is 0 Å². The van der Waals surface area contributed by atoms with Crippen LogP contribution in [0.4, 0.5) is 5.69 Å². The van der Waals surface area contributed by atoms with Crippen LogP contribution in [0.25, 0.3) is 0 Å². The summed E-state index contributed by atoms with van der Waals surface area (Å²) in [6.45, 7) is 2.77. The minimum absolute atomic E-state index is 0.207. The number of benzene rings is 1. The fraction of sp³-hybridized carbons (Fsp3) is 0.417. The molecule has 0 radical (unpaired) electrons. The topological polar surface area (TPSA) is 69.6 Å². The molecule has 0 spiro atoms. The summed E-state index contributed by atoms with van der Waals surface area (Å²) in [5, 5.41) is 20.6. The van der Waals surface area contributed by atoms with Crippen molar-refractivity contribution in [1.82, 2.24) is 0 Å². The minimum Gasteiger partial charge on any atom is -0.478 e. The molecule has 0 aliphatic carbocycles. The van der Waals surface area contributed by atoms with Gasteiger partial charge < -0.3 is 15.5 Å². The minimum atomic E-state index is -0.899. The summed E-state index contributed by atoms with van der Waals surface area (Å²) in [5.41, 5.74) is 2.00. The number of hydrogen-bond acceptors (Lipinski definition) is 3. The lowest BCUT2D eigenvalue weighted by atomic mass is 10.1. The van der Waals surface area contributed by atoms with Crippen LogP contribution in [-0.2, 0) is 0 Å². The predicted molar refractivity (Wildman–Crippen MR) is 62.9 cm³/mol. The Balaban J connectivity index is 2.56. The van der Waals surface area contributed by atoms with E-state index in [1.165, 1.54) is 0 Å². The number of aryl methyl sites for hydroxylation is 1. The summed E-state index contributed by atoms with van der Waals surface area (Å²) in [4.78, 5) is 10.8. The molecule has 0 fully saturated rings. The molecule has 1 aromatic rings. The molecule has 4 nitrogen and oxygen atoms in total. The van der Waals surface area contributed by atoms with Gasteiger partial charge in [0.2, 0.25) is 0 Å². The van der Waals surface area contributed by atoms with E-state index in [0.717, 1.165) is 30.6 Å². The van der Waals surface area contributed by atoms with E-state index in [9.17, 15) is 4.79 Å². The number of nitrogens with one attached hydrogen (secondary N) is 1. The zero-order valence-corrected chi connectivity index (χ0v) is 9.36. The lowest BCUT2D eigenvalue weighted by molar-refractivity contribution is 0.0696. The third-order valence-corrected chi connectivity index (χ3v) is 2.37. The van der Waals surface area contributed by atoms with Gasteiger partial charge in [-0.3, -0.25) is 0 Å². The van der Waals surface area contributed by atoms with E-state index in [4.69, 9.17) is 10.2 Å². The number of rotatable bonds is 6. The molecule has 0 heterocycles. The maximum atomic E-state index is 10.8. The fourth-order valence-corrected chi connectivity index (χ4v) is 1.48. The van der Waals surface area contributed by atoms with Crippen LogP contribution in [0.2, 0.25) is 0 Å². The first-order valence-electron chi connectivity index (χ1n) is 5.34. The maximum Gasteiger partial charge on any atom is 0.335 e. The van der Waals surface area contributed by atoms with Crippen molar-refractivity contribution in [2.24, 2.45) is 0 Å². The van der Waals surface area contributed by atoms with Gasteiger partial charge in [-0.15, -0.1) is 0 Å². The lowest BCUT2D eigenvalue weighted by Gasteiger charge is -2.08. The average molecular weight is 223 g/mol. The molecule has 1 aromatic carbocycles. The number of carboxylic acid groups (broad SMARTS) is 1. The van der Waals surface area contributed by atoms with Gasteiger partial charge >= 0.3 is 5.97 Å². The standard InChI is InChI=1S/C12H17NO3/c1-9-8-10(13-6-2-3-7-14)4-5-11(9)12(15)16/h4-5,8,13-14H,2-3,6-7H2,1H3,(H,15,16). The van der Waals surface area contributed by atoms with Gasteiger partial charge in [-0.25, -0.2) is 4.79 Å². The Kier molecular flexibility index (Phi) is 4.79. The van der Waals surface area contributed by atoms with Gasteiger partial charge in [0.25, 0.3) is 0 Å². The molecule has 4 heteroatoms. The quantitative estimate of drug-likeness (QED) is 0.644. The highest BCUT2D eigenvalue weighted by atomic mass is 16.4. The molecule has 0 atom stereocenters. The van der Waals surface area contributed by atoms with Gasteiger partial charge in [-0.05, 0) is 43.5 Å². The Hall–Kier alpha value is -1.55. The van der Waals surface area contributed by atoms with E-state index in [-0.39, 0.29) is 6.61 Å². The van der Waals surface area contributed by atoms with Crippen molar-refractivity contribution < 1.29 is 15.0 Å². The van der Waals surface area contributed by atoms with Crippen molar-refractivity contribution >= 4 is 11.7 Å². The summed E-state index contributed by atoms with van der Waals surface area (Å²) < 4.78 is 0. The molecule has 0 saturated carbocycles. The molecule has 88 valence electrons. The summed E-state index contributed by atoms with van der Waals surface area (Å²) in [6, 6.07) is 5.18. The number of aromatic carboxylic acids is 1. The van der Waals surface area contributed by atoms with Crippen LogP contribution in [0.1, 0.15) is 28.8 Å². The number of carbonyl (C=O) groups is 1. The van der Waals surface area contributed by atoms with Crippen LogP contribution < -0.4 is 5.32 Å². The van der Waals surface area contributed by atoms with Gasteiger partial charge in [-0.2, -0.15) is 0 Å². The van der Waals surface area contributed by atoms with Crippen LogP contribution in [0.3, 0.4) is 0 Å². The normalized spacial score (nSPS) is 10.1. The van der Waals surface area contributed by atoms with E-state index in [1.807, 2.05) is 6.07 Å². The molecular formula is C12H17NO3. The monoisotopic (exact) mass is 223 g/mol. The summed E-state index contributed by atoms with van der Waals surface area (Å²) in [6.07, 6.45) is 1.68. The highest BCUT2D eigenvalue weighted by molar-refractivity contribution is 5.89. The van der Waals surface area contributed by atoms with Crippen molar-refractivity contribution in [3.05, 3.63) is 29.3 Å². The fourth-order valence-electron chi connectivity index (χ4n) is 1.48. The lowest BCUT2D eigenvalue weighted by Crippen LogP contribution is -2.04. The number of hydrogen-bond donors (Lipinski definition) is 3. The van der Waals surface area contributed by atoms with Gasteiger partial charge in [-0.1, -0.05) is 0 Å². The maximum absolute atomic E-state index is 10.8. The number of anilines is 1. The molecule has 0 aliphatic heterocycles. The Morgan fingerprint density at radius 1 is 1.38 bits per heavy atom. The highest BCUT2D eigenvalue weighted by Gasteiger charge is 2.06. The van der Waals surface area contributed by atoms with Gasteiger partial charge in [0.15, 0.2) is 0 Å². The second-order valence-electron chi connectivity index (χ2n) is 3.69. The largest absolute Gasteiger partial charge is 0.478 e. The first-order valence-corrected chi connectivity index (χ1v) is 5.34. The van der Waals surface area contributed by atoms with Crippen molar-refractivity contribution in [3.63, 3.8) is 0 Å². The molecule has 0 bridgehead atoms. The summed E-state index contributed by atoms with van der Waals surface area (Å²) in [5.74, 6) is -0.899. The molecule has 0 aliphatic rings. The zero-order valence-electron chi connectivity index (χ0n) is 9.36. The molecule has 16 heavy (non-hydrogen) atoms. The molecule has 0 aromatic heterocycles. The summed E-state index contributed by atoms with van der Waals surface area (Å²) >= 11 is 0. The van der Waals surface area contributed by atoms with Gasteiger partial charge in [0, 0.05) is 18.8 Å². The van der Waals surface area contributed by atoms with Gasteiger partial charge in [0.05, 0.1) is 5.56 Å². The van der Waals surface area contributed by atoms with E-state index in [0.29, 0.717) is 5.56 Å². The first-order chi connectivity index (χ1) is 7.65. The zero-order chi connectivity index (χ0) is 12.0. The van der Waals surface area contributed by atoms with Crippen molar-refractivity contribution in [1.29, 1.82) is 0 Å². The Morgan fingerprint density at radius 2 is 2.12 bits per heavy atom. The molecule has 0 amide bonds. The second kappa shape index (κ2) is 6.12. The first kappa shape index (κ1) is 12.5. The van der Waals surface area contributed by atoms with E-state index in [2.05, 4.69) is 5.32 Å². The Labute approximate surface area is 94.9 Å². The van der Waals surface area contributed by atoms with Crippen LogP contribution >= 0.6 is 0 Å². The summed E-state index contributed by atoms with van der Waals surface area (Å²) in [7, 11) is 0. The van der Waals surface area contributed by atoms with Crippen molar-refractivity contribution in [2.75, 3.05) is 18.5 Å². The number of aliphatic hydroxyl groups excluding tert-OH is 1. The van der Waals surface area contributed by atoms with E-state index < -0.39 is 5.97 Å². The van der Waals surface area contributed by atoms with Crippen LogP contribution in [0, 0.1) is 6.92 Å². The number of carboxylic acids is 1. The predicted octanol–water partition coefficient (Wildman–Crippen LogP) is 1.88. The number of unbranched alkanes of at least 4 members (excludes halogenated alkanes) is 1. The molecular weight excluding hydrogens is 206 g/mol. The average Bonchev–Trinajstić information content (AvgIpc) is 2.24. The highest BCUT2D eigenvalue weighted by Crippen LogP contribution is 2.15. The molecule has 3 N–H and O–H groups in total. The number of aliphatic hydroxyl groups is 1. The van der Waals surface area contributed by atoms with Crippen LogP contribution in [0.15, 0.2) is 18.2 Å². The van der Waals surface area contributed by atoms with E-state index in [1.54, 1.807) is 19.1 Å².